The predicted octanol–water partition coefficient (Wildman–Crippen LogP) is 1.71. The van der Waals surface area contributed by atoms with Gasteiger partial charge in [-0.3, -0.25) is 4.57 Å². The number of hydrogen-bond donors (Lipinski definition) is 1. The average molecular weight is 282 g/mol. The van der Waals surface area contributed by atoms with Crippen molar-refractivity contribution in [2.24, 2.45) is 0 Å². The fourth-order valence-electron chi connectivity index (χ4n) is 1.89. The third kappa shape index (κ3) is 2.81. The van der Waals surface area contributed by atoms with E-state index in [0.717, 1.165) is 11.3 Å². The highest BCUT2D eigenvalue weighted by Gasteiger charge is 2.09. The first-order valence-corrected chi connectivity index (χ1v) is 6.49. The molecule has 7 heteroatoms. The Hall–Kier alpha value is -2.96. The Kier molecular flexibility index (Phi) is 3.46. The lowest BCUT2D eigenvalue weighted by atomic mass is 10.2. The number of rotatable bonds is 4. The van der Waals surface area contributed by atoms with Gasteiger partial charge < -0.3 is 10.5 Å². The van der Waals surface area contributed by atoms with Gasteiger partial charge in [0.05, 0.1) is 6.61 Å². The highest BCUT2D eigenvalue weighted by atomic mass is 16.5. The molecule has 1 aromatic carbocycles. The molecular weight excluding hydrogens is 268 g/mol. The molecule has 2 aromatic heterocycles. The molecule has 0 fully saturated rings. The van der Waals surface area contributed by atoms with Crippen LogP contribution < -0.4 is 10.5 Å². The summed E-state index contributed by atoms with van der Waals surface area (Å²) in [5.74, 6) is 1.84. The molecule has 0 aliphatic heterocycles. The lowest BCUT2D eigenvalue weighted by Gasteiger charge is -2.07. The molecule has 2 N–H and O–H groups in total. The number of nitrogens with zero attached hydrogens (tertiary/aromatic N) is 5. The second-order valence-corrected chi connectivity index (χ2v) is 4.25. The fourth-order valence-corrected chi connectivity index (χ4v) is 1.89. The van der Waals surface area contributed by atoms with E-state index in [-0.39, 0.29) is 5.95 Å². The maximum absolute atomic E-state index is 5.77. The van der Waals surface area contributed by atoms with Crippen molar-refractivity contribution in [1.29, 1.82) is 0 Å². The van der Waals surface area contributed by atoms with Crippen LogP contribution in [0.1, 0.15) is 6.92 Å². The van der Waals surface area contributed by atoms with E-state index in [2.05, 4.69) is 19.9 Å². The topological polar surface area (TPSA) is 91.7 Å². The molecule has 0 atom stereocenters. The summed E-state index contributed by atoms with van der Waals surface area (Å²) in [5, 5.41) is 0. The van der Waals surface area contributed by atoms with Gasteiger partial charge in [0, 0.05) is 18.0 Å². The molecule has 0 spiro atoms. The Bertz CT molecular complexity index is 741. The van der Waals surface area contributed by atoms with E-state index in [1.54, 1.807) is 23.3 Å². The minimum Gasteiger partial charge on any atom is -0.494 e. The Morgan fingerprint density at radius 3 is 2.90 bits per heavy atom. The van der Waals surface area contributed by atoms with Crippen LogP contribution >= 0.6 is 0 Å². The van der Waals surface area contributed by atoms with Crippen LogP contribution in [0, 0.1) is 0 Å². The summed E-state index contributed by atoms with van der Waals surface area (Å²) in [7, 11) is 0. The van der Waals surface area contributed by atoms with Crippen molar-refractivity contribution in [3.63, 3.8) is 0 Å². The molecule has 3 aromatic rings. The smallest absolute Gasteiger partial charge is 0.240 e. The van der Waals surface area contributed by atoms with E-state index in [0.29, 0.717) is 18.4 Å². The summed E-state index contributed by atoms with van der Waals surface area (Å²) in [6.07, 6.45) is 5.00. The number of benzene rings is 1. The molecule has 0 saturated heterocycles. The maximum Gasteiger partial charge on any atom is 0.240 e. The van der Waals surface area contributed by atoms with Crippen LogP contribution in [-0.4, -0.2) is 31.1 Å². The first kappa shape index (κ1) is 13.0. The minimum atomic E-state index is 0.158. The molecule has 0 aliphatic rings. The van der Waals surface area contributed by atoms with Gasteiger partial charge in [-0.2, -0.15) is 15.0 Å². The van der Waals surface area contributed by atoms with E-state index in [1.165, 1.54) is 0 Å². The number of imidazole rings is 1. The third-order valence-electron chi connectivity index (χ3n) is 2.78. The molecule has 0 saturated carbocycles. The van der Waals surface area contributed by atoms with Gasteiger partial charge in [0.15, 0.2) is 5.82 Å². The number of nitrogen functional groups attached to an aromatic ring is 1. The molecule has 7 nitrogen and oxygen atoms in total. The number of hydrogen-bond acceptors (Lipinski definition) is 6. The summed E-state index contributed by atoms with van der Waals surface area (Å²) in [6.45, 7) is 2.54. The Labute approximate surface area is 121 Å². The average Bonchev–Trinajstić information content (AvgIpc) is 3.01. The summed E-state index contributed by atoms with van der Waals surface area (Å²) in [4.78, 5) is 16.7. The Balaban J connectivity index is 2.04. The highest BCUT2D eigenvalue weighted by Crippen LogP contribution is 2.22. The zero-order valence-electron chi connectivity index (χ0n) is 11.5. The zero-order valence-corrected chi connectivity index (χ0v) is 11.5. The highest BCUT2D eigenvalue weighted by molar-refractivity contribution is 5.58. The summed E-state index contributed by atoms with van der Waals surface area (Å²) in [5.41, 5.74) is 6.59. The van der Waals surface area contributed by atoms with Gasteiger partial charge in [-0.15, -0.1) is 0 Å². The Morgan fingerprint density at radius 1 is 1.24 bits per heavy atom. The second-order valence-electron chi connectivity index (χ2n) is 4.25. The van der Waals surface area contributed by atoms with E-state index >= 15 is 0 Å². The second kappa shape index (κ2) is 5.58. The van der Waals surface area contributed by atoms with Gasteiger partial charge in [0.2, 0.25) is 11.9 Å². The molecule has 0 radical (unpaired) electrons. The van der Waals surface area contributed by atoms with Crippen molar-refractivity contribution in [3.05, 3.63) is 43.0 Å². The first-order chi connectivity index (χ1) is 10.3. The zero-order chi connectivity index (χ0) is 14.7. The molecule has 0 aliphatic carbocycles. The van der Waals surface area contributed by atoms with E-state index < -0.39 is 0 Å². The predicted molar refractivity (Wildman–Crippen MR) is 78.0 cm³/mol. The van der Waals surface area contributed by atoms with Crippen LogP contribution in [0.4, 0.5) is 5.95 Å². The van der Waals surface area contributed by atoms with Crippen molar-refractivity contribution in [2.45, 2.75) is 6.92 Å². The lowest BCUT2D eigenvalue weighted by Crippen LogP contribution is -2.06. The van der Waals surface area contributed by atoms with Crippen molar-refractivity contribution in [3.8, 4) is 23.1 Å². The van der Waals surface area contributed by atoms with Crippen molar-refractivity contribution in [2.75, 3.05) is 12.3 Å². The molecule has 2 heterocycles. The molecule has 0 bridgehead atoms. The standard InChI is InChI=1S/C14H14N6O/c1-2-21-11-5-3-4-10(8-11)12-17-13(15)19-14(18-12)20-7-6-16-9-20/h3-9H,2H2,1H3,(H2,15,17,18,19). The maximum atomic E-state index is 5.77. The molecule has 3 rings (SSSR count). The van der Waals surface area contributed by atoms with Crippen LogP contribution in [0.25, 0.3) is 17.3 Å². The van der Waals surface area contributed by atoms with Gasteiger partial charge in [-0.1, -0.05) is 12.1 Å². The van der Waals surface area contributed by atoms with Crippen LogP contribution in [0.2, 0.25) is 0 Å². The molecule has 21 heavy (non-hydrogen) atoms. The monoisotopic (exact) mass is 282 g/mol. The van der Waals surface area contributed by atoms with Gasteiger partial charge in [0.1, 0.15) is 12.1 Å². The largest absolute Gasteiger partial charge is 0.494 e. The molecular formula is C14H14N6O. The number of ether oxygens (including phenoxy) is 1. The van der Waals surface area contributed by atoms with Gasteiger partial charge in [-0.25, -0.2) is 4.98 Å². The lowest BCUT2D eigenvalue weighted by molar-refractivity contribution is 0.340. The normalized spacial score (nSPS) is 10.5. The quantitative estimate of drug-likeness (QED) is 0.783. The van der Waals surface area contributed by atoms with Crippen LogP contribution in [0.5, 0.6) is 5.75 Å². The summed E-state index contributed by atoms with van der Waals surface area (Å²) in [6, 6.07) is 7.54. The van der Waals surface area contributed by atoms with Crippen molar-refractivity contribution < 1.29 is 4.74 Å². The number of nitrogens with two attached hydrogens (primary N) is 1. The van der Waals surface area contributed by atoms with Crippen molar-refractivity contribution >= 4 is 5.95 Å². The molecule has 0 amide bonds. The summed E-state index contributed by atoms with van der Waals surface area (Å²) >= 11 is 0. The van der Waals surface area contributed by atoms with Crippen molar-refractivity contribution in [1.82, 2.24) is 24.5 Å². The van der Waals surface area contributed by atoms with E-state index in [9.17, 15) is 0 Å². The van der Waals surface area contributed by atoms with Crippen LogP contribution in [0.15, 0.2) is 43.0 Å². The Morgan fingerprint density at radius 2 is 2.14 bits per heavy atom. The van der Waals surface area contributed by atoms with E-state index in [1.807, 2.05) is 31.2 Å². The third-order valence-corrected chi connectivity index (χ3v) is 2.78. The first-order valence-electron chi connectivity index (χ1n) is 6.49. The van der Waals surface area contributed by atoms with Gasteiger partial charge >= 0.3 is 0 Å². The molecule has 0 unspecified atom stereocenters. The van der Waals surface area contributed by atoms with Crippen LogP contribution in [0.3, 0.4) is 0 Å². The van der Waals surface area contributed by atoms with Gasteiger partial charge in [0.25, 0.3) is 0 Å². The van der Waals surface area contributed by atoms with E-state index in [4.69, 9.17) is 10.5 Å². The minimum absolute atomic E-state index is 0.158. The number of anilines is 1. The van der Waals surface area contributed by atoms with Gasteiger partial charge in [-0.05, 0) is 19.1 Å². The summed E-state index contributed by atoms with van der Waals surface area (Å²) < 4.78 is 7.16. The fraction of sp³-hybridized carbons (Fsp3) is 0.143. The SMILES string of the molecule is CCOc1cccc(-c2nc(N)nc(-n3ccnc3)n2)c1. The van der Waals surface area contributed by atoms with Crippen LogP contribution in [-0.2, 0) is 0 Å². The number of aromatic nitrogens is 5. The molecule has 106 valence electrons.